The second kappa shape index (κ2) is 8.68. The predicted octanol–water partition coefficient (Wildman–Crippen LogP) is 2.54. The van der Waals surface area contributed by atoms with Gasteiger partial charge in [-0.3, -0.25) is 14.5 Å². The van der Waals surface area contributed by atoms with Crippen LogP contribution in [0.25, 0.3) is 0 Å². The van der Waals surface area contributed by atoms with Crippen molar-refractivity contribution < 1.29 is 14.3 Å². The zero-order valence-electron chi connectivity index (χ0n) is 10.9. The van der Waals surface area contributed by atoms with Gasteiger partial charge in [0.15, 0.2) is 0 Å². The number of esters is 1. The van der Waals surface area contributed by atoms with E-state index in [1.807, 2.05) is 12.1 Å². The minimum atomic E-state index is -0.362. The van der Waals surface area contributed by atoms with E-state index in [4.69, 9.17) is 0 Å². The molecule has 1 aromatic rings. The number of nitrogens with zero attached hydrogens (tertiary/aromatic N) is 1. The van der Waals surface area contributed by atoms with Gasteiger partial charge in [0, 0.05) is 10.7 Å². The molecule has 0 aliphatic rings. The highest BCUT2D eigenvalue weighted by molar-refractivity contribution is 14.1. The van der Waals surface area contributed by atoms with Crippen LogP contribution in [0.15, 0.2) is 12.1 Å². The summed E-state index contributed by atoms with van der Waals surface area (Å²) in [7, 11) is 3.02. The Morgan fingerprint density at radius 2 is 1.75 bits per heavy atom. The Bertz CT molecular complexity index is 500. The number of carbonyl (C=O) groups is 2. The van der Waals surface area contributed by atoms with Crippen molar-refractivity contribution in [2.75, 3.05) is 32.6 Å². The highest BCUT2D eigenvalue weighted by Crippen LogP contribution is 2.27. The summed E-state index contributed by atoms with van der Waals surface area (Å²) < 4.78 is 7.66. The van der Waals surface area contributed by atoms with Crippen molar-refractivity contribution in [2.45, 2.75) is 0 Å². The van der Waals surface area contributed by atoms with Crippen molar-refractivity contribution in [2.24, 2.45) is 0 Å². The van der Waals surface area contributed by atoms with E-state index in [2.05, 4.69) is 77.8 Å². The van der Waals surface area contributed by atoms with Crippen LogP contribution < -0.4 is 5.32 Å². The van der Waals surface area contributed by atoms with E-state index in [9.17, 15) is 9.59 Å². The summed E-state index contributed by atoms with van der Waals surface area (Å²) in [6, 6.07) is 3.99. The summed E-state index contributed by atoms with van der Waals surface area (Å²) in [5.74, 6) is -0.521. The van der Waals surface area contributed by atoms with Gasteiger partial charge in [-0.1, -0.05) is 0 Å². The molecular formula is C12H13I3N2O3. The fourth-order valence-electron chi connectivity index (χ4n) is 1.43. The number of likely N-dealkylation sites (N-methyl/N-ethyl adjacent to an activating group) is 1. The zero-order valence-corrected chi connectivity index (χ0v) is 17.3. The summed E-state index contributed by atoms with van der Waals surface area (Å²) in [5.41, 5.74) is 0.808. The number of anilines is 1. The Labute approximate surface area is 158 Å². The van der Waals surface area contributed by atoms with Gasteiger partial charge in [-0.25, -0.2) is 0 Å². The molecule has 0 radical (unpaired) electrons. The molecule has 0 aliphatic heterocycles. The number of amides is 1. The van der Waals surface area contributed by atoms with Gasteiger partial charge in [-0.05, 0) is 87.0 Å². The topological polar surface area (TPSA) is 58.6 Å². The first-order chi connectivity index (χ1) is 9.33. The lowest BCUT2D eigenvalue weighted by Crippen LogP contribution is -2.34. The molecule has 0 heterocycles. The molecular weight excluding hydrogens is 601 g/mol. The Kier molecular flexibility index (Phi) is 7.97. The molecule has 20 heavy (non-hydrogen) atoms. The molecule has 0 saturated heterocycles. The summed E-state index contributed by atoms with van der Waals surface area (Å²) in [6.45, 7) is 0.220. The van der Waals surface area contributed by atoms with Crippen molar-refractivity contribution in [3.63, 3.8) is 0 Å². The van der Waals surface area contributed by atoms with E-state index in [1.165, 1.54) is 7.11 Å². The summed E-state index contributed by atoms with van der Waals surface area (Å²) in [5, 5.41) is 2.88. The average Bonchev–Trinajstić information content (AvgIpc) is 2.33. The molecule has 0 spiro atoms. The van der Waals surface area contributed by atoms with E-state index in [0.717, 1.165) is 16.4 Å². The van der Waals surface area contributed by atoms with E-state index in [0.29, 0.717) is 0 Å². The molecule has 110 valence electrons. The van der Waals surface area contributed by atoms with Crippen molar-refractivity contribution in [1.82, 2.24) is 4.90 Å². The van der Waals surface area contributed by atoms with Gasteiger partial charge < -0.3 is 10.1 Å². The zero-order chi connectivity index (χ0) is 15.3. The summed E-state index contributed by atoms with van der Waals surface area (Å²) in [6.07, 6.45) is 0. The Hall–Kier alpha value is 0.310. The first-order valence-corrected chi connectivity index (χ1v) is 8.77. The summed E-state index contributed by atoms with van der Waals surface area (Å²) in [4.78, 5) is 24.7. The molecule has 1 aromatic carbocycles. The minimum absolute atomic E-state index is 0.0881. The Balaban J connectivity index is 2.65. The molecule has 1 N–H and O–H groups in total. The van der Waals surface area contributed by atoms with Crippen LogP contribution in [0.3, 0.4) is 0 Å². The standard InChI is InChI=1S/C12H13I3N2O3/c1-17(6-11(19)20-2)5-10(18)16-12-8(14)3-7(13)4-9(12)15/h3-4H,5-6H2,1-2H3,(H,16,18). The van der Waals surface area contributed by atoms with Crippen molar-refractivity contribution in [3.05, 3.63) is 22.8 Å². The lowest BCUT2D eigenvalue weighted by atomic mass is 10.3. The second-order valence-electron chi connectivity index (χ2n) is 4.04. The number of carbonyl (C=O) groups excluding carboxylic acids is 2. The van der Waals surface area contributed by atoms with Gasteiger partial charge in [0.1, 0.15) is 0 Å². The number of methoxy groups -OCH3 is 1. The fourth-order valence-corrected chi connectivity index (χ4v) is 5.28. The van der Waals surface area contributed by atoms with E-state index < -0.39 is 0 Å². The monoisotopic (exact) mass is 614 g/mol. The van der Waals surface area contributed by atoms with Crippen molar-refractivity contribution in [1.29, 1.82) is 0 Å². The van der Waals surface area contributed by atoms with E-state index in [1.54, 1.807) is 11.9 Å². The maximum atomic E-state index is 12.0. The Morgan fingerprint density at radius 3 is 2.25 bits per heavy atom. The molecule has 0 atom stereocenters. The molecule has 0 aliphatic carbocycles. The van der Waals surface area contributed by atoms with E-state index in [-0.39, 0.29) is 25.0 Å². The Morgan fingerprint density at radius 1 is 1.20 bits per heavy atom. The average molecular weight is 614 g/mol. The first kappa shape index (κ1) is 18.4. The third-order valence-electron chi connectivity index (χ3n) is 2.31. The van der Waals surface area contributed by atoms with Gasteiger partial charge in [0.25, 0.3) is 0 Å². The van der Waals surface area contributed by atoms with Gasteiger partial charge >= 0.3 is 5.97 Å². The molecule has 0 saturated carbocycles. The van der Waals surface area contributed by atoms with Crippen LogP contribution >= 0.6 is 67.8 Å². The predicted molar refractivity (Wildman–Crippen MR) is 103 cm³/mol. The van der Waals surface area contributed by atoms with Crippen LogP contribution in [0.2, 0.25) is 0 Å². The van der Waals surface area contributed by atoms with Crippen LogP contribution in [0.5, 0.6) is 0 Å². The molecule has 1 rings (SSSR count). The van der Waals surface area contributed by atoms with Crippen molar-refractivity contribution in [3.8, 4) is 0 Å². The third kappa shape index (κ3) is 5.97. The third-order valence-corrected chi connectivity index (χ3v) is 4.64. The molecule has 8 heteroatoms. The van der Waals surface area contributed by atoms with Gasteiger partial charge in [-0.2, -0.15) is 0 Å². The number of nitrogens with one attached hydrogen (secondary N) is 1. The van der Waals surface area contributed by atoms with Crippen LogP contribution in [-0.4, -0.2) is 44.0 Å². The first-order valence-electron chi connectivity index (χ1n) is 5.53. The van der Waals surface area contributed by atoms with Crippen LogP contribution in [0.4, 0.5) is 5.69 Å². The number of hydrogen-bond acceptors (Lipinski definition) is 4. The highest BCUT2D eigenvalue weighted by atomic mass is 127. The van der Waals surface area contributed by atoms with Gasteiger partial charge in [0.2, 0.25) is 5.91 Å². The molecule has 0 bridgehead atoms. The van der Waals surface area contributed by atoms with Crippen LogP contribution in [-0.2, 0) is 14.3 Å². The number of benzene rings is 1. The van der Waals surface area contributed by atoms with Gasteiger partial charge in [-0.15, -0.1) is 0 Å². The van der Waals surface area contributed by atoms with Gasteiger partial charge in [0.05, 0.1) is 25.9 Å². The van der Waals surface area contributed by atoms with Crippen LogP contribution in [0, 0.1) is 10.7 Å². The maximum absolute atomic E-state index is 12.0. The number of rotatable bonds is 5. The highest BCUT2D eigenvalue weighted by Gasteiger charge is 2.14. The lowest BCUT2D eigenvalue weighted by molar-refractivity contribution is -0.141. The molecule has 0 unspecified atom stereocenters. The quantitative estimate of drug-likeness (QED) is 0.410. The number of ether oxygens (including phenoxy) is 1. The lowest BCUT2D eigenvalue weighted by Gasteiger charge is -2.16. The SMILES string of the molecule is COC(=O)CN(C)CC(=O)Nc1c(I)cc(I)cc1I. The summed E-state index contributed by atoms with van der Waals surface area (Å²) >= 11 is 6.62. The fraction of sp³-hybridized carbons (Fsp3) is 0.333. The van der Waals surface area contributed by atoms with Crippen LogP contribution in [0.1, 0.15) is 0 Å². The second-order valence-corrected chi connectivity index (χ2v) is 7.61. The minimum Gasteiger partial charge on any atom is -0.468 e. The van der Waals surface area contributed by atoms with Crippen molar-refractivity contribution >= 4 is 85.3 Å². The van der Waals surface area contributed by atoms with E-state index >= 15 is 0 Å². The molecule has 1 amide bonds. The number of halogens is 3. The molecule has 0 fully saturated rings. The normalized spacial score (nSPS) is 10.5. The molecule has 0 aromatic heterocycles. The molecule has 5 nitrogen and oxygen atoms in total. The maximum Gasteiger partial charge on any atom is 0.319 e. The largest absolute Gasteiger partial charge is 0.468 e. The smallest absolute Gasteiger partial charge is 0.319 e. The number of hydrogen-bond donors (Lipinski definition) is 1.